The fourth-order valence-corrected chi connectivity index (χ4v) is 4.41. The van der Waals surface area contributed by atoms with Crippen molar-refractivity contribution < 1.29 is 17.9 Å². The number of methoxy groups -OCH3 is 1. The smallest absolute Gasteiger partial charge is 0.191 e. The van der Waals surface area contributed by atoms with Gasteiger partial charge in [0.2, 0.25) is 0 Å². The first-order chi connectivity index (χ1) is 12.5. The van der Waals surface area contributed by atoms with Crippen molar-refractivity contribution in [2.45, 2.75) is 39.3 Å². The Morgan fingerprint density at radius 3 is 2.73 bits per heavy atom. The summed E-state index contributed by atoms with van der Waals surface area (Å²) in [6, 6.07) is 5.68. The van der Waals surface area contributed by atoms with Crippen molar-refractivity contribution in [1.82, 2.24) is 10.6 Å². The monoisotopic (exact) mass is 383 g/mol. The highest BCUT2D eigenvalue weighted by atomic mass is 32.2. The lowest BCUT2D eigenvalue weighted by molar-refractivity contribution is 0.294. The van der Waals surface area contributed by atoms with E-state index in [2.05, 4.69) is 22.5 Å². The van der Waals surface area contributed by atoms with Crippen LogP contribution in [0.3, 0.4) is 0 Å². The highest BCUT2D eigenvalue weighted by molar-refractivity contribution is 7.91. The summed E-state index contributed by atoms with van der Waals surface area (Å²) < 4.78 is 34.3. The Labute approximate surface area is 156 Å². The van der Waals surface area contributed by atoms with Crippen LogP contribution in [0.4, 0.5) is 0 Å². The molecule has 0 radical (unpaired) electrons. The van der Waals surface area contributed by atoms with Crippen molar-refractivity contribution in [2.24, 2.45) is 4.99 Å². The van der Waals surface area contributed by atoms with Gasteiger partial charge in [-0.1, -0.05) is 13.0 Å². The van der Waals surface area contributed by atoms with Crippen molar-refractivity contribution in [1.29, 1.82) is 0 Å². The van der Waals surface area contributed by atoms with E-state index in [0.29, 0.717) is 37.8 Å². The van der Waals surface area contributed by atoms with E-state index in [4.69, 9.17) is 9.47 Å². The van der Waals surface area contributed by atoms with Gasteiger partial charge < -0.3 is 20.1 Å². The molecule has 1 unspecified atom stereocenters. The van der Waals surface area contributed by atoms with Gasteiger partial charge in [0, 0.05) is 12.6 Å². The third-order valence-electron chi connectivity index (χ3n) is 4.03. The summed E-state index contributed by atoms with van der Waals surface area (Å²) in [5.41, 5.74) is 0.988. The Kier molecular flexibility index (Phi) is 7.56. The average molecular weight is 384 g/mol. The summed E-state index contributed by atoms with van der Waals surface area (Å²) in [7, 11) is -1.30. The molecule has 1 fully saturated rings. The molecule has 0 aliphatic carbocycles. The first-order valence-electron chi connectivity index (χ1n) is 9.02. The van der Waals surface area contributed by atoms with Crippen molar-refractivity contribution in [3.05, 3.63) is 23.8 Å². The maximum Gasteiger partial charge on any atom is 0.191 e. The number of nitrogens with zero attached hydrogens (tertiary/aromatic N) is 1. The molecule has 1 atom stereocenters. The van der Waals surface area contributed by atoms with Crippen molar-refractivity contribution in [3.63, 3.8) is 0 Å². The van der Waals surface area contributed by atoms with Crippen LogP contribution in [0.2, 0.25) is 0 Å². The number of aliphatic imine (C=N–C) groups is 1. The molecule has 1 saturated heterocycles. The summed E-state index contributed by atoms with van der Waals surface area (Å²) >= 11 is 0. The molecule has 1 aliphatic heterocycles. The fourth-order valence-electron chi connectivity index (χ4n) is 2.73. The second kappa shape index (κ2) is 9.66. The molecule has 0 bridgehead atoms. The molecular weight excluding hydrogens is 354 g/mol. The van der Waals surface area contributed by atoms with Gasteiger partial charge in [0.15, 0.2) is 27.3 Å². The van der Waals surface area contributed by atoms with E-state index in [1.165, 1.54) is 0 Å². The number of sulfone groups is 1. The molecule has 26 heavy (non-hydrogen) atoms. The van der Waals surface area contributed by atoms with Crippen LogP contribution in [-0.2, 0) is 16.4 Å². The van der Waals surface area contributed by atoms with E-state index in [9.17, 15) is 8.42 Å². The van der Waals surface area contributed by atoms with E-state index >= 15 is 0 Å². The third-order valence-corrected chi connectivity index (χ3v) is 5.79. The quantitative estimate of drug-likeness (QED) is 0.525. The van der Waals surface area contributed by atoms with Crippen LogP contribution in [0.25, 0.3) is 0 Å². The Morgan fingerprint density at radius 1 is 1.31 bits per heavy atom. The minimum absolute atomic E-state index is 0.0860. The molecule has 1 aromatic rings. The number of rotatable bonds is 8. The van der Waals surface area contributed by atoms with Crippen LogP contribution in [0.1, 0.15) is 32.3 Å². The molecular formula is C18H29N3O4S. The molecule has 2 N–H and O–H groups in total. The van der Waals surface area contributed by atoms with Gasteiger partial charge in [0.25, 0.3) is 0 Å². The predicted octanol–water partition coefficient (Wildman–Crippen LogP) is 1.73. The van der Waals surface area contributed by atoms with Gasteiger partial charge in [-0.3, -0.25) is 0 Å². The average Bonchev–Trinajstić information content (AvgIpc) is 2.96. The summed E-state index contributed by atoms with van der Waals surface area (Å²) in [4.78, 5) is 4.57. The van der Waals surface area contributed by atoms with Crippen LogP contribution in [0.5, 0.6) is 11.5 Å². The zero-order chi connectivity index (χ0) is 19.0. The van der Waals surface area contributed by atoms with Gasteiger partial charge in [-0.25, -0.2) is 13.4 Å². The minimum Gasteiger partial charge on any atom is -0.493 e. The lowest BCUT2D eigenvalue weighted by Crippen LogP contribution is -2.44. The number of ether oxygens (including phenoxy) is 2. The first kappa shape index (κ1) is 20.4. The minimum atomic E-state index is -2.92. The van der Waals surface area contributed by atoms with Gasteiger partial charge in [0.1, 0.15) is 0 Å². The van der Waals surface area contributed by atoms with E-state index < -0.39 is 9.84 Å². The summed E-state index contributed by atoms with van der Waals surface area (Å²) in [5.74, 6) is 2.43. The molecule has 0 aromatic heterocycles. The first-order valence-corrected chi connectivity index (χ1v) is 10.8. The van der Waals surface area contributed by atoms with Gasteiger partial charge in [0.05, 0.1) is 31.8 Å². The number of guanidine groups is 1. The van der Waals surface area contributed by atoms with E-state index in [0.717, 1.165) is 17.7 Å². The second-order valence-corrected chi connectivity index (χ2v) is 8.50. The Balaban J connectivity index is 2.04. The summed E-state index contributed by atoms with van der Waals surface area (Å²) in [6.07, 6.45) is 1.55. The van der Waals surface area contributed by atoms with Crippen LogP contribution >= 0.6 is 0 Å². The normalized spacial score (nSPS) is 19.2. The summed E-state index contributed by atoms with van der Waals surface area (Å²) in [6.45, 7) is 5.84. The molecule has 0 spiro atoms. The maximum atomic E-state index is 11.6. The van der Waals surface area contributed by atoms with E-state index in [1.807, 2.05) is 25.1 Å². The lowest BCUT2D eigenvalue weighted by atomic mass is 10.2. The van der Waals surface area contributed by atoms with Crippen LogP contribution in [0, 0.1) is 0 Å². The standard InChI is InChI=1S/C18H29N3O4S/c1-4-9-25-16-7-6-14(11-17(16)24-3)12-20-18(19-5-2)21-15-8-10-26(22,23)13-15/h6-7,11,15H,4-5,8-10,12-13H2,1-3H3,(H2,19,20,21). The van der Waals surface area contributed by atoms with Crippen LogP contribution in [0.15, 0.2) is 23.2 Å². The van der Waals surface area contributed by atoms with E-state index in [1.54, 1.807) is 7.11 Å². The molecule has 0 amide bonds. The van der Waals surface area contributed by atoms with Gasteiger partial charge >= 0.3 is 0 Å². The highest BCUT2D eigenvalue weighted by Gasteiger charge is 2.28. The number of hydrogen-bond donors (Lipinski definition) is 2. The van der Waals surface area contributed by atoms with Crippen molar-refractivity contribution in [2.75, 3.05) is 31.8 Å². The van der Waals surface area contributed by atoms with Crippen molar-refractivity contribution >= 4 is 15.8 Å². The van der Waals surface area contributed by atoms with Gasteiger partial charge in [-0.05, 0) is 37.5 Å². The molecule has 1 aliphatic rings. The molecule has 1 heterocycles. The molecule has 7 nitrogen and oxygen atoms in total. The number of benzene rings is 1. The topological polar surface area (TPSA) is 89.0 Å². The Hall–Kier alpha value is -1.96. The molecule has 8 heteroatoms. The van der Waals surface area contributed by atoms with Gasteiger partial charge in [-0.15, -0.1) is 0 Å². The molecule has 146 valence electrons. The van der Waals surface area contributed by atoms with Crippen LogP contribution in [-0.4, -0.2) is 52.2 Å². The highest BCUT2D eigenvalue weighted by Crippen LogP contribution is 2.28. The summed E-state index contributed by atoms with van der Waals surface area (Å²) in [5, 5.41) is 6.38. The Morgan fingerprint density at radius 2 is 2.12 bits per heavy atom. The van der Waals surface area contributed by atoms with E-state index in [-0.39, 0.29) is 17.5 Å². The van der Waals surface area contributed by atoms with Crippen molar-refractivity contribution in [3.8, 4) is 11.5 Å². The zero-order valence-corrected chi connectivity index (χ0v) is 16.6. The fraction of sp³-hybridized carbons (Fsp3) is 0.611. The predicted molar refractivity (Wildman–Crippen MR) is 104 cm³/mol. The maximum absolute atomic E-state index is 11.6. The molecule has 0 saturated carbocycles. The zero-order valence-electron chi connectivity index (χ0n) is 15.7. The molecule has 2 rings (SSSR count). The number of nitrogens with one attached hydrogen (secondary N) is 2. The largest absolute Gasteiger partial charge is 0.493 e. The molecule has 1 aromatic carbocycles. The van der Waals surface area contributed by atoms with Gasteiger partial charge in [-0.2, -0.15) is 0 Å². The SMILES string of the molecule is CCCOc1ccc(CN=C(NCC)NC2CCS(=O)(=O)C2)cc1OC. The third kappa shape index (κ3) is 6.09. The number of hydrogen-bond acceptors (Lipinski definition) is 5. The Bertz CT molecular complexity index is 719. The lowest BCUT2D eigenvalue weighted by Gasteiger charge is -2.16. The second-order valence-electron chi connectivity index (χ2n) is 6.27. The van der Waals surface area contributed by atoms with Crippen LogP contribution < -0.4 is 20.1 Å².